The zero-order valence-corrected chi connectivity index (χ0v) is 12.2. The monoisotopic (exact) mass is 297 g/mol. The molecule has 2 N–H and O–H groups in total. The molecular weight excluding hydrogens is 276 g/mol. The minimum atomic E-state index is -1.39. The fourth-order valence-electron chi connectivity index (χ4n) is 3.05. The quantitative estimate of drug-likeness (QED) is 0.845. The second kappa shape index (κ2) is 6.87. The summed E-state index contributed by atoms with van der Waals surface area (Å²) >= 11 is 0. The van der Waals surface area contributed by atoms with Gasteiger partial charge in [-0.15, -0.1) is 0 Å². The summed E-state index contributed by atoms with van der Waals surface area (Å²) in [7, 11) is 0. The molecule has 0 spiro atoms. The van der Waals surface area contributed by atoms with Crippen LogP contribution in [0.4, 0.5) is 14.5 Å². The first-order valence-corrected chi connectivity index (χ1v) is 7.50. The van der Waals surface area contributed by atoms with E-state index in [1.54, 1.807) is 0 Å². The fraction of sp³-hybridized carbons (Fsp3) is 0.562. The van der Waals surface area contributed by atoms with Gasteiger partial charge in [-0.3, -0.25) is 0 Å². The number of hydrogen-bond acceptors (Lipinski definition) is 2. The SMILES string of the molecule is CCCC1CCC(Nc2cc(C(=O)O)c(F)cc2F)CC1. The van der Waals surface area contributed by atoms with Gasteiger partial charge in [0, 0.05) is 12.1 Å². The molecule has 1 aliphatic carbocycles. The second-order valence-electron chi connectivity index (χ2n) is 5.77. The fourth-order valence-corrected chi connectivity index (χ4v) is 3.05. The average molecular weight is 297 g/mol. The van der Waals surface area contributed by atoms with Crippen molar-refractivity contribution in [3.8, 4) is 0 Å². The van der Waals surface area contributed by atoms with Gasteiger partial charge in [-0.25, -0.2) is 13.6 Å². The Morgan fingerprint density at radius 3 is 2.48 bits per heavy atom. The van der Waals surface area contributed by atoms with Crippen molar-refractivity contribution in [3.05, 3.63) is 29.3 Å². The number of carbonyl (C=O) groups is 1. The van der Waals surface area contributed by atoms with Gasteiger partial charge in [0.1, 0.15) is 11.6 Å². The molecule has 0 saturated heterocycles. The van der Waals surface area contributed by atoms with Crippen LogP contribution in [0.2, 0.25) is 0 Å². The Bertz CT molecular complexity index is 511. The van der Waals surface area contributed by atoms with E-state index >= 15 is 0 Å². The summed E-state index contributed by atoms with van der Waals surface area (Å²) in [5, 5.41) is 11.9. The van der Waals surface area contributed by atoms with Gasteiger partial charge in [0.25, 0.3) is 0 Å². The van der Waals surface area contributed by atoms with Crippen molar-refractivity contribution in [2.45, 2.75) is 51.5 Å². The van der Waals surface area contributed by atoms with Crippen LogP contribution in [-0.2, 0) is 0 Å². The standard InChI is InChI=1S/C16H21F2NO2/c1-2-3-10-4-6-11(7-5-10)19-15-8-12(16(20)21)13(17)9-14(15)18/h8-11,19H,2-7H2,1H3,(H,20,21). The predicted octanol–water partition coefficient (Wildman–Crippen LogP) is 4.43. The maximum absolute atomic E-state index is 13.8. The lowest BCUT2D eigenvalue weighted by atomic mass is 9.83. The molecule has 1 saturated carbocycles. The molecular formula is C16H21F2NO2. The van der Waals surface area contributed by atoms with Gasteiger partial charge in [0.05, 0.1) is 11.3 Å². The molecule has 0 aliphatic heterocycles. The molecule has 3 nitrogen and oxygen atoms in total. The van der Waals surface area contributed by atoms with Crippen molar-refractivity contribution < 1.29 is 18.7 Å². The van der Waals surface area contributed by atoms with E-state index in [1.807, 2.05) is 0 Å². The van der Waals surface area contributed by atoms with E-state index in [2.05, 4.69) is 12.2 Å². The van der Waals surface area contributed by atoms with Crippen LogP contribution in [0.5, 0.6) is 0 Å². The van der Waals surface area contributed by atoms with Crippen LogP contribution in [0, 0.1) is 17.6 Å². The lowest BCUT2D eigenvalue weighted by Gasteiger charge is -2.29. The topological polar surface area (TPSA) is 49.3 Å². The highest BCUT2D eigenvalue weighted by Gasteiger charge is 2.22. The number of nitrogens with one attached hydrogen (secondary N) is 1. The van der Waals surface area contributed by atoms with E-state index in [0.29, 0.717) is 6.07 Å². The summed E-state index contributed by atoms with van der Waals surface area (Å²) in [4.78, 5) is 10.9. The number of anilines is 1. The van der Waals surface area contributed by atoms with Crippen molar-refractivity contribution in [1.29, 1.82) is 0 Å². The predicted molar refractivity (Wildman–Crippen MR) is 77.6 cm³/mol. The van der Waals surface area contributed by atoms with Crippen LogP contribution in [-0.4, -0.2) is 17.1 Å². The maximum Gasteiger partial charge on any atom is 0.338 e. The highest BCUT2D eigenvalue weighted by atomic mass is 19.1. The molecule has 0 amide bonds. The number of aromatic carboxylic acids is 1. The molecule has 1 aliphatic rings. The van der Waals surface area contributed by atoms with Crippen LogP contribution in [0.25, 0.3) is 0 Å². The molecule has 0 bridgehead atoms. The molecule has 1 aromatic rings. The Balaban J connectivity index is 2.03. The second-order valence-corrected chi connectivity index (χ2v) is 5.77. The van der Waals surface area contributed by atoms with Crippen LogP contribution < -0.4 is 5.32 Å². The molecule has 2 rings (SSSR count). The molecule has 21 heavy (non-hydrogen) atoms. The Morgan fingerprint density at radius 1 is 1.24 bits per heavy atom. The summed E-state index contributed by atoms with van der Waals surface area (Å²) in [6.45, 7) is 2.17. The van der Waals surface area contributed by atoms with Gasteiger partial charge >= 0.3 is 5.97 Å². The normalized spacial score (nSPS) is 22.0. The third-order valence-electron chi connectivity index (χ3n) is 4.19. The van der Waals surface area contributed by atoms with E-state index in [-0.39, 0.29) is 11.7 Å². The van der Waals surface area contributed by atoms with Crippen LogP contribution in [0.3, 0.4) is 0 Å². The lowest BCUT2D eigenvalue weighted by Crippen LogP contribution is -2.26. The summed E-state index contributed by atoms with van der Waals surface area (Å²) in [5.41, 5.74) is -0.425. The number of carboxylic acid groups (broad SMARTS) is 1. The minimum Gasteiger partial charge on any atom is -0.478 e. The van der Waals surface area contributed by atoms with Gasteiger partial charge in [0.15, 0.2) is 0 Å². The van der Waals surface area contributed by atoms with E-state index in [0.717, 1.165) is 37.7 Å². The van der Waals surface area contributed by atoms with Gasteiger partial charge in [0.2, 0.25) is 0 Å². The van der Waals surface area contributed by atoms with Crippen LogP contribution in [0.1, 0.15) is 55.8 Å². The Kier molecular flexibility index (Phi) is 5.15. The molecule has 0 aromatic heterocycles. The van der Waals surface area contributed by atoms with Crippen molar-refractivity contribution in [2.24, 2.45) is 5.92 Å². The lowest BCUT2D eigenvalue weighted by molar-refractivity contribution is 0.0692. The van der Waals surface area contributed by atoms with Crippen molar-refractivity contribution in [3.63, 3.8) is 0 Å². The third-order valence-corrected chi connectivity index (χ3v) is 4.19. The molecule has 5 heteroatoms. The van der Waals surface area contributed by atoms with E-state index in [9.17, 15) is 13.6 Å². The Hall–Kier alpha value is -1.65. The van der Waals surface area contributed by atoms with Crippen molar-refractivity contribution >= 4 is 11.7 Å². The van der Waals surface area contributed by atoms with Gasteiger partial charge in [-0.1, -0.05) is 19.8 Å². The Morgan fingerprint density at radius 2 is 1.90 bits per heavy atom. The molecule has 0 unspecified atom stereocenters. The zero-order valence-electron chi connectivity index (χ0n) is 12.2. The molecule has 0 heterocycles. The molecule has 0 atom stereocenters. The minimum absolute atomic E-state index is 0.0766. The average Bonchev–Trinajstić information content (AvgIpc) is 2.43. The van der Waals surface area contributed by atoms with Crippen LogP contribution in [0.15, 0.2) is 12.1 Å². The number of halogens is 2. The maximum atomic E-state index is 13.8. The number of hydrogen-bond donors (Lipinski definition) is 2. The first-order valence-electron chi connectivity index (χ1n) is 7.50. The summed E-state index contributed by atoms with van der Waals surface area (Å²) in [5.74, 6) is -2.44. The molecule has 0 radical (unpaired) electrons. The van der Waals surface area contributed by atoms with E-state index < -0.39 is 23.2 Å². The number of rotatable bonds is 5. The third kappa shape index (κ3) is 3.93. The Labute approximate surface area is 123 Å². The van der Waals surface area contributed by atoms with E-state index in [1.165, 1.54) is 12.8 Å². The molecule has 116 valence electrons. The van der Waals surface area contributed by atoms with Gasteiger partial charge in [-0.2, -0.15) is 0 Å². The summed E-state index contributed by atoms with van der Waals surface area (Å²) in [6, 6.07) is 1.80. The van der Waals surface area contributed by atoms with E-state index in [4.69, 9.17) is 5.11 Å². The highest BCUT2D eigenvalue weighted by molar-refractivity contribution is 5.89. The first kappa shape index (κ1) is 15.7. The molecule has 1 aromatic carbocycles. The zero-order chi connectivity index (χ0) is 15.4. The van der Waals surface area contributed by atoms with Crippen molar-refractivity contribution in [1.82, 2.24) is 0 Å². The van der Waals surface area contributed by atoms with Crippen LogP contribution >= 0.6 is 0 Å². The highest BCUT2D eigenvalue weighted by Crippen LogP contribution is 2.30. The van der Waals surface area contributed by atoms with Crippen molar-refractivity contribution in [2.75, 3.05) is 5.32 Å². The largest absolute Gasteiger partial charge is 0.478 e. The summed E-state index contributed by atoms with van der Waals surface area (Å²) < 4.78 is 27.1. The first-order chi connectivity index (χ1) is 10.0. The molecule has 1 fully saturated rings. The number of carboxylic acids is 1. The van der Waals surface area contributed by atoms with Gasteiger partial charge < -0.3 is 10.4 Å². The smallest absolute Gasteiger partial charge is 0.338 e. The summed E-state index contributed by atoms with van der Waals surface area (Å²) in [6.07, 6.45) is 6.46. The number of benzene rings is 1. The van der Waals surface area contributed by atoms with Gasteiger partial charge in [-0.05, 0) is 37.7 Å².